The van der Waals surface area contributed by atoms with Crippen molar-refractivity contribution in [3.8, 4) is 6.07 Å². The fourth-order valence-corrected chi connectivity index (χ4v) is 4.48. The Balaban J connectivity index is 1.55. The fraction of sp³-hybridized carbons (Fsp3) is 0.524. The Morgan fingerprint density at radius 1 is 1.29 bits per heavy atom. The van der Waals surface area contributed by atoms with Crippen molar-refractivity contribution < 1.29 is 14.4 Å². The summed E-state index contributed by atoms with van der Waals surface area (Å²) in [5, 5.41) is 18.8. The molecule has 10 heteroatoms. The van der Waals surface area contributed by atoms with Gasteiger partial charge in [-0.1, -0.05) is 23.2 Å². The molecule has 3 unspecified atom stereocenters. The van der Waals surface area contributed by atoms with Gasteiger partial charge in [0.05, 0.1) is 23.3 Å². The van der Waals surface area contributed by atoms with E-state index < -0.39 is 12.1 Å². The van der Waals surface area contributed by atoms with E-state index >= 15 is 0 Å². The van der Waals surface area contributed by atoms with Crippen LogP contribution in [0.5, 0.6) is 0 Å². The van der Waals surface area contributed by atoms with Crippen molar-refractivity contribution in [2.45, 2.75) is 44.2 Å². The molecule has 0 saturated carbocycles. The summed E-state index contributed by atoms with van der Waals surface area (Å²) < 4.78 is 0. The first kappa shape index (κ1) is 23.2. The highest BCUT2D eigenvalue weighted by Crippen LogP contribution is 2.26. The zero-order valence-corrected chi connectivity index (χ0v) is 18.5. The topological polar surface area (TPSA) is 114 Å². The van der Waals surface area contributed by atoms with Crippen LogP contribution >= 0.6 is 23.2 Å². The van der Waals surface area contributed by atoms with Gasteiger partial charge in [0.25, 0.3) is 0 Å². The van der Waals surface area contributed by atoms with Crippen LogP contribution in [0.15, 0.2) is 18.2 Å². The van der Waals surface area contributed by atoms with Crippen LogP contribution in [0.1, 0.15) is 32.1 Å². The Morgan fingerprint density at radius 3 is 2.81 bits per heavy atom. The lowest BCUT2D eigenvalue weighted by Gasteiger charge is -2.27. The van der Waals surface area contributed by atoms with Crippen molar-refractivity contribution in [1.29, 1.82) is 5.26 Å². The molecule has 2 aliphatic rings. The summed E-state index contributed by atoms with van der Waals surface area (Å²) in [7, 11) is 0. The number of nitriles is 1. The molecule has 3 amide bonds. The van der Waals surface area contributed by atoms with E-state index in [4.69, 9.17) is 23.2 Å². The summed E-state index contributed by atoms with van der Waals surface area (Å²) in [4.78, 5) is 39.0. The van der Waals surface area contributed by atoms with Gasteiger partial charge >= 0.3 is 0 Å². The van der Waals surface area contributed by atoms with Crippen LogP contribution in [-0.2, 0) is 14.4 Å². The summed E-state index contributed by atoms with van der Waals surface area (Å²) >= 11 is 12.0. The molecular weight excluding hydrogens is 441 g/mol. The van der Waals surface area contributed by atoms with Gasteiger partial charge in [0.1, 0.15) is 12.1 Å². The van der Waals surface area contributed by atoms with Crippen molar-refractivity contribution >= 4 is 46.6 Å². The molecule has 8 nitrogen and oxygen atoms in total. The molecule has 31 heavy (non-hydrogen) atoms. The molecule has 2 fully saturated rings. The third-order valence-electron chi connectivity index (χ3n) is 5.63. The van der Waals surface area contributed by atoms with Gasteiger partial charge in [-0.15, -0.1) is 0 Å². The molecule has 2 aliphatic heterocycles. The third-order valence-corrected chi connectivity index (χ3v) is 6.18. The normalized spacial score (nSPS) is 21.7. The van der Waals surface area contributed by atoms with Gasteiger partial charge in [0.15, 0.2) is 0 Å². The summed E-state index contributed by atoms with van der Waals surface area (Å²) in [5.41, 5.74) is 0.579. The van der Waals surface area contributed by atoms with E-state index in [9.17, 15) is 19.6 Å². The number of rotatable bonds is 7. The average Bonchev–Trinajstić information content (AvgIpc) is 3.24. The summed E-state index contributed by atoms with van der Waals surface area (Å²) in [6.45, 7) is 1.09. The Morgan fingerprint density at radius 2 is 2.10 bits per heavy atom. The van der Waals surface area contributed by atoms with Crippen molar-refractivity contribution in [2.75, 3.05) is 25.0 Å². The summed E-state index contributed by atoms with van der Waals surface area (Å²) in [6, 6.07) is 5.60. The van der Waals surface area contributed by atoms with Crippen molar-refractivity contribution in [2.24, 2.45) is 5.92 Å². The number of nitrogens with one attached hydrogen (secondary N) is 3. The number of carbonyl (C=O) groups is 3. The SMILES string of the molecule is N#CC(CC1CCCNC1=O)NC(=O)C1CCCN1C(=O)CNc1ccc(Cl)cc1Cl. The molecule has 2 heterocycles. The lowest BCUT2D eigenvalue weighted by molar-refractivity contribution is -0.137. The minimum Gasteiger partial charge on any atom is -0.375 e. The average molecular weight is 466 g/mol. The van der Waals surface area contributed by atoms with Gasteiger partial charge in [-0.2, -0.15) is 5.26 Å². The first-order valence-electron chi connectivity index (χ1n) is 10.3. The summed E-state index contributed by atoms with van der Waals surface area (Å²) in [6.07, 6.45) is 3.06. The van der Waals surface area contributed by atoms with Gasteiger partial charge in [-0.25, -0.2) is 0 Å². The van der Waals surface area contributed by atoms with Gasteiger partial charge in [0.2, 0.25) is 17.7 Å². The van der Waals surface area contributed by atoms with Crippen LogP contribution in [0.25, 0.3) is 0 Å². The smallest absolute Gasteiger partial charge is 0.243 e. The van der Waals surface area contributed by atoms with Crippen LogP contribution in [-0.4, -0.2) is 54.3 Å². The lowest BCUT2D eigenvalue weighted by atomic mass is 9.92. The standard InChI is InChI=1S/C21H25Cl2N5O3/c22-14-5-6-17(16(23)10-14)26-12-19(29)28-8-2-4-18(28)21(31)27-15(11-24)9-13-3-1-7-25-20(13)30/h5-6,10,13,15,18,26H,1-4,7-9,12H2,(H,25,30)(H,27,31). The zero-order chi connectivity index (χ0) is 22.4. The maximum Gasteiger partial charge on any atom is 0.243 e. The first-order chi connectivity index (χ1) is 14.9. The number of carbonyl (C=O) groups excluding carboxylic acids is 3. The number of hydrogen-bond donors (Lipinski definition) is 3. The number of amides is 3. The number of likely N-dealkylation sites (tertiary alicyclic amines) is 1. The molecule has 166 valence electrons. The maximum absolute atomic E-state index is 12.8. The van der Waals surface area contributed by atoms with E-state index in [0.29, 0.717) is 48.1 Å². The summed E-state index contributed by atoms with van der Waals surface area (Å²) in [5.74, 6) is -0.958. The van der Waals surface area contributed by atoms with Crippen LogP contribution in [0, 0.1) is 17.2 Å². The molecule has 0 spiro atoms. The predicted octanol–water partition coefficient (Wildman–Crippen LogP) is 2.32. The minimum absolute atomic E-state index is 0.0188. The van der Waals surface area contributed by atoms with Crippen molar-refractivity contribution in [3.63, 3.8) is 0 Å². The fourth-order valence-electron chi connectivity index (χ4n) is 4.00. The van der Waals surface area contributed by atoms with E-state index in [1.807, 2.05) is 0 Å². The highest BCUT2D eigenvalue weighted by Gasteiger charge is 2.35. The van der Waals surface area contributed by atoms with Crippen LogP contribution in [0.2, 0.25) is 10.0 Å². The molecular formula is C21H25Cl2N5O3. The van der Waals surface area contributed by atoms with Crippen molar-refractivity contribution in [3.05, 3.63) is 28.2 Å². The molecule has 0 aliphatic carbocycles. The molecule has 3 rings (SSSR count). The van der Waals surface area contributed by atoms with E-state index in [-0.39, 0.29) is 36.6 Å². The third kappa shape index (κ3) is 6.02. The molecule has 0 bridgehead atoms. The number of hydrogen-bond acceptors (Lipinski definition) is 5. The monoisotopic (exact) mass is 465 g/mol. The molecule has 0 aromatic heterocycles. The highest BCUT2D eigenvalue weighted by molar-refractivity contribution is 6.36. The quantitative estimate of drug-likeness (QED) is 0.571. The lowest BCUT2D eigenvalue weighted by Crippen LogP contribution is -2.50. The van der Waals surface area contributed by atoms with Gasteiger partial charge in [0, 0.05) is 24.0 Å². The Hall–Kier alpha value is -2.50. The molecule has 0 radical (unpaired) electrons. The molecule has 2 saturated heterocycles. The second kappa shape index (κ2) is 10.7. The second-order valence-corrected chi connectivity index (χ2v) is 8.62. The van der Waals surface area contributed by atoms with Crippen LogP contribution in [0.4, 0.5) is 5.69 Å². The number of benzene rings is 1. The molecule has 3 N–H and O–H groups in total. The number of anilines is 1. The Kier molecular flexibility index (Phi) is 7.99. The highest BCUT2D eigenvalue weighted by atomic mass is 35.5. The first-order valence-corrected chi connectivity index (χ1v) is 11.1. The van der Waals surface area contributed by atoms with E-state index in [0.717, 1.165) is 6.42 Å². The molecule has 1 aromatic rings. The van der Waals surface area contributed by atoms with E-state index in [1.165, 1.54) is 4.90 Å². The largest absolute Gasteiger partial charge is 0.375 e. The maximum atomic E-state index is 12.8. The Bertz CT molecular complexity index is 888. The van der Waals surface area contributed by atoms with Crippen LogP contribution in [0.3, 0.4) is 0 Å². The van der Waals surface area contributed by atoms with E-state index in [1.54, 1.807) is 18.2 Å². The minimum atomic E-state index is -0.773. The Labute approximate surface area is 191 Å². The van der Waals surface area contributed by atoms with Gasteiger partial charge in [-0.05, 0) is 50.3 Å². The van der Waals surface area contributed by atoms with E-state index in [2.05, 4.69) is 22.0 Å². The van der Waals surface area contributed by atoms with Gasteiger partial charge in [-0.3, -0.25) is 14.4 Å². The number of halogens is 2. The predicted molar refractivity (Wildman–Crippen MR) is 118 cm³/mol. The van der Waals surface area contributed by atoms with Crippen molar-refractivity contribution in [1.82, 2.24) is 15.5 Å². The molecule has 1 aromatic carbocycles. The number of piperidine rings is 1. The second-order valence-electron chi connectivity index (χ2n) is 7.78. The van der Waals surface area contributed by atoms with Crippen LogP contribution < -0.4 is 16.0 Å². The van der Waals surface area contributed by atoms with Gasteiger partial charge < -0.3 is 20.9 Å². The molecule has 3 atom stereocenters. The zero-order valence-electron chi connectivity index (χ0n) is 17.0. The number of nitrogens with zero attached hydrogens (tertiary/aromatic N) is 2.